The number of fused-ring (bicyclic) bond motifs is 2. The Kier molecular flexibility index (Phi) is 4.93. The lowest BCUT2D eigenvalue weighted by Crippen LogP contribution is -2.66. The molecule has 3 atom stereocenters. The van der Waals surface area contributed by atoms with E-state index in [1.54, 1.807) is 12.3 Å². The van der Waals surface area contributed by atoms with Crippen LogP contribution in [0.2, 0.25) is 5.02 Å². The van der Waals surface area contributed by atoms with Crippen LogP contribution in [0.4, 0.5) is 10.5 Å². The summed E-state index contributed by atoms with van der Waals surface area (Å²) in [5, 5.41) is 0.562. The summed E-state index contributed by atoms with van der Waals surface area (Å²) in [4.78, 5) is 21.4. The smallest absolute Gasteiger partial charge is 0.410 e. The van der Waals surface area contributed by atoms with Crippen LogP contribution in [-0.2, 0) is 10.5 Å². The first-order valence-electron chi connectivity index (χ1n) is 11.0. The number of pyridine rings is 1. The highest BCUT2D eigenvalue weighted by atomic mass is 35.5. The fourth-order valence-electron chi connectivity index (χ4n) is 4.67. The van der Waals surface area contributed by atoms with Gasteiger partial charge in [0.05, 0.1) is 16.8 Å². The van der Waals surface area contributed by atoms with Gasteiger partial charge in [0.2, 0.25) is 0 Å². The fourth-order valence-corrected chi connectivity index (χ4v) is 4.78. The number of carbonyl (C=O) groups is 1. The molecule has 1 aromatic carbocycles. The molecule has 1 aliphatic carbocycles. The van der Waals surface area contributed by atoms with Gasteiger partial charge in [-0.2, -0.15) is 0 Å². The molecule has 8 heteroatoms. The highest BCUT2D eigenvalue weighted by Crippen LogP contribution is 2.51. The monoisotopic (exact) mass is 457 g/mol. The van der Waals surface area contributed by atoms with Crippen molar-refractivity contribution in [2.24, 2.45) is 0 Å². The van der Waals surface area contributed by atoms with Crippen LogP contribution >= 0.6 is 11.6 Å². The van der Waals surface area contributed by atoms with E-state index < -0.39 is 11.4 Å². The molecule has 7 nitrogen and oxygen atoms in total. The van der Waals surface area contributed by atoms with Crippen molar-refractivity contribution in [1.82, 2.24) is 9.88 Å². The third kappa shape index (κ3) is 3.62. The zero-order valence-corrected chi connectivity index (χ0v) is 19.6. The van der Waals surface area contributed by atoms with Crippen LogP contribution in [0.15, 0.2) is 36.5 Å². The number of nitrogens with zero attached hydrogens (tertiary/aromatic N) is 3. The maximum Gasteiger partial charge on any atom is 0.410 e. The van der Waals surface area contributed by atoms with Crippen LogP contribution in [0.1, 0.15) is 46.2 Å². The van der Waals surface area contributed by atoms with Crippen molar-refractivity contribution in [3.8, 4) is 11.5 Å². The zero-order chi connectivity index (χ0) is 22.7. The lowest BCUT2D eigenvalue weighted by Gasteiger charge is -2.54. The van der Waals surface area contributed by atoms with Gasteiger partial charge in [0.15, 0.2) is 11.5 Å². The molecule has 0 radical (unpaired) electrons. The van der Waals surface area contributed by atoms with Gasteiger partial charge in [-0.1, -0.05) is 17.7 Å². The summed E-state index contributed by atoms with van der Waals surface area (Å²) in [5.41, 5.74) is 1.14. The van der Waals surface area contributed by atoms with Gasteiger partial charge in [0, 0.05) is 32.3 Å². The van der Waals surface area contributed by atoms with Crippen molar-refractivity contribution in [3.05, 3.63) is 47.2 Å². The Bertz CT molecular complexity index is 1040. The average molecular weight is 458 g/mol. The standard InChI is InChI=1S/C24H28ClN3O4/c1-23(2,3)32-22(29)28-13-12-27(16-9-10-17(16)28)18-6-5-7-19-21(18)31-24(4,30-19)20-11-8-15(25)14-26-20/h5-8,11,14,16-17H,9-10,12-13H2,1-4H3/t16-,17-,24+/m1/s1. The van der Waals surface area contributed by atoms with Gasteiger partial charge in [-0.3, -0.25) is 4.98 Å². The van der Waals surface area contributed by atoms with Crippen LogP contribution in [0, 0.1) is 0 Å². The molecule has 1 saturated heterocycles. The Morgan fingerprint density at radius 3 is 2.59 bits per heavy atom. The van der Waals surface area contributed by atoms with Crippen LogP contribution < -0.4 is 14.4 Å². The van der Waals surface area contributed by atoms with Gasteiger partial charge < -0.3 is 24.0 Å². The van der Waals surface area contributed by atoms with Gasteiger partial charge in [-0.05, 0) is 57.9 Å². The second kappa shape index (κ2) is 7.44. The van der Waals surface area contributed by atoms with Crippen molar-refractivity contribution in [2.75, 3.05) is 18.0 Å². The Morgan fingerprint density at radius 2 is 1.94 bits per heavy atom. The van der Waals surface area contributed by atoms with Crippen LogP contribution in [-0.4, -0.2) is 46.8 Å². The molecule has 1 amide bonds. The quantitative estimate of drug-likeness (QED) is 0.634. The Labute approximate surface area is 193 Å². The van der Waals surface area contributed by atoms with E-state index in [0.717, 1.165) is 18.5 Å². The molecule has 1 saturated carbocycles. The minimum atomic E-state index is -1.03. The van der Waals surface area contributed by atoms with E-state index >= 15 is 0 Å². The van der Waals surface area contributed by atoms with Crippen LogP contribution in [0.25, 0.3) is 0 Å². The molecule has 0 N–H and O–H groups in total. The van der Waals surface area contributed by atoms with E-state index in [9.17, 15) is 4.79 Å². The number of anilines is 1. The molecule has 2 aromatic rings. The van der Waals surface area contributed by atoms with Gasteiger partial charge in [0.1, 0.15) is 11.3 Å². The van der Waals surface area contributed by atoms with Crippen molar-refractivity contribution < 1.29 is 19.0 Å². The minimum Gasteiger partial charge on any atom is -0.444 e. The highest BCUT2D eigenvalue weighted by Gasteiger charge is 2.48. The summed E-state index contributed by atoms with van der Waals surface area (Å²) in [7, 11) is 0. The normalized spacial score (nSPS) is 26.4. The number of amides is 1. The maximum atomic E-state index is 12.7. The molecule has 0 spiro atoms. The molecular weight excluding hydrogens is 430 g/mol. The van der Waals surface area contributed by atoms with Gasteiger partial charge >= 0.3 is 6.09 Å². The summed E-state index contributed by atoms with van der Waals surface area (Å²) in [6, 6.07) is 9.91. The lowest BCUT2D eigenvalue weighted by atomic mass is 9.81. The van der Waals surface area contributed by atoms with Gasteiger partial charge in [-0.15, -0.1) is 0 Å². The molecule has 5 rings (SSSR count). The van der Waals surface area contributed by atoms with Crippen LogP contribution in [0.3, 0.4) is 0 Å². The van der Waals surface area contributed by atoms with E-state index in [1.807, 2.05) is 50.8 Å². The molecule has 2 fully saturated rings. The molecule has 3 heterocycles. The number of hydrogen-bond acceptors (Lipinski definition) is 6. The largest absolute Gasteiger partial charge is 0.444 e. The first-order valence-corrected chi connectivity index (χ1v) is 11.4. The summed E-state index contributed by atoms with van der Waals surface area (Å²) >= 11 is 6.00. The van der Waals surface area contributed by atoms with Crippen molar-refractivity contribution >= 4 is 23.4 Å². The van der Waals surface area contributed by atoms with E-state index in [4.69, 9.17) is 25.8 Å². The molecule has 170 valence electrons. The number of rotatable bonds is 2. The van der Waals surface area contributed by atoms with E-state index in [0.29, 0.717) is 35.3 Å². The third-order valence-electron chi connectivity index (χ3n) is 6.27. The van der Waals surface area contributed by atoms with E-state index in [2.05, 4.69) is 16.0 Å². The molecule has 3 aliphatic rings. The summed E-state index contributed by atoms with van der Waals surface area (Å²) in [6.45, 7) is 8.87. The summed E-state index contributed by atoms with van der Waals surface area (Å²) in [6.07, 6.45) is 3.35. The Morgan fingerprint density at radius 1 is 1.16 bits per heavy atom. The number of ether oxygens (including phenoxy) is 3. The molecule has 0 unspecified atom stereocenters. The number of piperazine rings is 1. The molecule has 32 heavy (non-hydrogen) atoms. The molecule has 2 aliphatic heterocycles. The van der Waals surface area contributed by atoms with Crippen molar-refractivity contribution in [1.29, 1.82) is 0 Å². The number of halogens is 1. The van der Waals surface area contributed by atoms with Gasteiger partial charge in [-0.25, -0.2) is 4.79 Å². The first kappa shape index (κ1) is 21.2. The number of hydrogen-bond donors (Lipinski definition) is 0. The summed E-state index contributed by atoms with van der Waals surface area (Å²) < 4.78 is 18.2. The van der Waals surface area contributed by atoms with Crippen molar-refractivity contribution in [2.45, 2.75) is 64.0 Å². The second-order valence-corrected chi connectivity index (χ2v) is 10.1. The molecule has 0 bridgehead atoms. The predicted octanol–water partition coefficient (Wildman–Crippen LogP) is 4.97. The lowest BCUT2D eigenvalue weighted by molar-refractivity contribution is -0.0716. The third-order valence-corrected chi connectivity index (χ3v) is 6.50. The topological polar surface area (TPSA) is 64.1 Å². The Hall–Kier alpha value is -2.67. The number of benzene rings is 1. The molecule has 1 aromatic heterocycles. The average Bonchev–Trinajstić information content (AvgIpc) is 3.05. The van der Waals surface area contributed by atoms with E-state index in [-0.39, 0.29) is 18.2 Å². The first-order chi connectivity index (χ1) is 15.1. The number of aromatic nitrogens is 1. The fraction of sp³-hybridized carbons (Fsp3) is 0.500. The van der Waals surface area contributed by atoms with Crippen molar-refractivity contribution in [3.63, 3.8) is 0 Å². The molecular formula is C24H28ClN3O4. The number of para-hydroxylation sites is 1. The zero-order valence-electron chi connectivity index (χ0n) is 18.8. The SMILES string of the molecule is CC(C)(C)OC(=O)N1CCN(c2cccc3c2O[C@@](C)(c2ccc(Cl)cn2)O3)[C@@H]2CC[C@H]21. The predicted molar refractivity (Wildman–Crippen MR) is 121 cm³/mol. The minimum absolute atomic E-state index is 0.140. The maximum absolute atomic E-state index is 12.7. The van der Waals surface area contributed by atoms with E-state index in [1.165, 1.54) is 0 Å². The Balaban J connectivity index is 1.38. The van der Waals surface area contributed by atoms with Gasteiger partial charge in [0.25, 0.3) is 5.79 Å². The highest BCUT2D eigenvalue weighted by molar-refractivity contribution is 6.30. The second-order valence-electron chi connectivity index (χ2n) is 9.70. The number of carbonyl (C=O) groups excluding carboxylic acids is 1. The summed E-state index contributed by atoms with van der Waals surface area (Å²) in [5.74, 6) is 0.371. The van der Waals surface area contributed by atoms with Crippen LogP contribution in [0.5, 0.6) is 11.5 Å².